The number of nitrogens with two attached hydrogens (primary N) is 1. The average molecular weight is 688 g/mol. The largest absolute Gasteiger partial charge is 0.488 e. The summed E-state index contributed by atoms with van der Waals surface area (Å²) in [5.41, 5.74) is 15.8. The Morgan fingerprint density at radius 3 is 2.16 bits per heavy atom. The van der Waals surface area contributed by atoms with E-state index in [9.17, 15) is 5.26 Å². The quantitative estimate of drug-likeness (QED) is 0.111. The summed E-state index contributed by atoms with van der Waals surface area (Å²) in [7, 11) is 0. The predicted octanol–water partition coefficient (Wildman–Crippen LogP) is 10.4. The van der Waals surface area contributed by atoms with Gasteiger partial charge in [-0.2, -0.15) is 5.26 Å². The minimum atomic E-state index is -0.00429. The summed E-state index contributed by atoms with van der Waals surface area (Å²) in [6, 6.07) is 23.7. The number of halogens is 1. The Morgan fingerprint density at radius 2 is 1.54 bits per heavy atom. The van der Waals surface area contributed by atoms with Crippen molar-refractivity contribution >= 4 is 17.4 Å². The lowest BCUT2D eigenvalue weighted by molar-refractivity contribution is 0.287. The van der Waals surface area contributed by atoms with Gasteiger partial charge in [-0.3, -0.25) is 15.4 Å². The third kappa shape index (κ3) is 9.71. The number of hydrogen-bond acceptors (Lipinski definition) is 6. The number of nitrogens with zero attached hydrogens (tertiary/aromatic N) is 3. The van der Waals surface area contributed by atoms with Crippen molar-refractivity contribution < 1.29 is 9.47 Å². The van der Waals surface area contributed by atoms with Gasteiger partial charge in [-0.25, -0.2) is 0 Å². The Labute approximate surface area is 301 Å². The number of amidine groups is 1. The van der Waals surface area contributed by atoms with Gasteiger partial charge in [0.05, 0.1) is 16.3 Å². The monoisotopic (exact) mass is 687 g/mol. The highest BCUT2D eigenvalue weighted by atomic mass is 35.5. The number of rotatable bonds is 10. The van der Waals surface area contributed by atoms with E-state index in [-0.39, 0.29) is 12.4 Å². The molecule has 0 amide bonds. The van der Waals surface area contributed by atoms with Gasteiger partial charge in [-0.15, -0.1) is 0 Å². The molecule has 7 nitrogen and oxygen atoms in total. The molecule has 1 fully saturated rings. The average Bonchev–Trinajstić information content (AvgIpc) is 3.94. The van der Waals surface area contributed by atoms with E-state index in [0.29, 0.717) is 34.3 Å². The summed E-state index contributed by atoms with van der Waals surface area (Å²) in [5.74, 6) is 2.29. The van der Waals surface area contributed by atoms with Gasteiger partial charge in [-0.1, -0.05) is 88.5 Å². The van der Waals surface area contributed by atoms with Crippen LogP contribution in [0.5, 0.6) is 11.5 Å². The molecule has 2 heterocycles. The number of pyridine rings is 2. The summed E-state index contributed by atoms with van der Waals surface area (Å²) in [5, 5.41) is 17.3. The number of nitrogens with one attached hydrogen (secondary N) is 1. The number of benzene rings is 3. The Kier molecular flexibility index (Phi) is 13.5. The van der Waals surface area contributed by atoms with Gasteiger partial charge in [0, 0.05) is 41.3 Å². The van der Waals surface area contributed by atoms with Gasteiger partial charge < -0.3 is 15.2 Å². The number of aromatic nitrogens is 2. The third-order valence-electron chi connectivity index (χ3n) is 8.48. The first-order valence-corrected chi connectivity index (χ1v) is 17.5. The summed E-state index contributed by atoms with van der Waals surface area (Å²) in [4.78, 5) is 8.67. The van der Waals surface area contributed by atoms with E-state index < -0.39 is 0 Å². The van der Waals surface area contributed by atoms with Crippen LogP contribution in [0.2, 0.25) is 5.02 Å². The number of nitriles is 1. The Bertz CT molecular complexity index is 1960. The highest BCUT2D eigenvalue weighted by Crippen LogP contribution is 2.36. The van der Waals surface area contributed by atoms with Gasteiger partial charge in [0.15, 0.2) is 0 Å². The molecule has 1 saturated carbocycles. The fourth-order valence-electron chi connectivity index (χ4n) is 5.26. The van der Waals surface area contributed by atoms with E-state index in [4.69, 9.17) is 32.2 Å². The van der Waals surface area contributed by atoms with Crippen molar-refractivity contribution in [2.24, 2.45) is 11.7 Å². The van der Waals surface area contributed by atoms with Crippen LogP contribution in [0.1, 0.15) is 79.5 Å². The van der Waals surface area contributed by atoms with Crippen molar-refractivity contribution in [2.75, 3.05) is 0 Å². The fourth-order valence-corrected chi connectivity index (χ4v) is 5.50. The molecule has 258 valence electrons. The van der Waals surface area contributed by atoms with Gasteiger partial charge in [0.2, 0.25) is 0 Å². The van der Waals surface area contributed by atoms with Crippen LogP contribution < -0.4 is 15.2 Å². The molecule has 5 aromatic rings. The Morgan fingerprint density at radius 1 is 0.880 bits per heavy atom. The van der Waals surface area contributed by atoms with Crippen molar-refractivity contribution in [3.63, 3.8) is 0 Å². The van der Waals surface area contributed by atoms with Crippen molar-refractivity contribution in [3.05, 3.63) is 129 Å². The van der Waals surface area contributed by atoms with Gasteiger partial charge >= 0.3 is 0 Å². The molecule has 50 heavy (non-hydrogen) atoms. The zero-order valence-corrected chi connectivity index (χ0v) is 30.6. The molecular weight excluding hydrogens is 642 g/mol. The third-order valence-corrected chi connectivity index (χ3v) is 8.78. The number of aryl methyl sites for hydroxylation is 1. The van der Waals surface area contributed by atoms with Crippen LogP contribution in [0.4, 0.5) is 0 Å². The molecule has 0 radical (unpaired) electrons. The molecule has 0 saturated heterocycles. The maximum Gasteiger partial charge on any atom is 0.142 e. The van der Waals surface area contributed by atoms with Crippen molar-refractivity contribution in [1.82, 2.24) is 9.97 Å². The van der Waals surface area contributed by atoms with Crippen LogP contribution in [0.3, 0.4) is 0 Å². The van der Waals surface area contributed by atoms with Crippen molar-refractivity contribution in [1.29, 1.82) is 10.7 Å². The van der Waals surface area contributed by atoms with Crippen LogP contribution in [0, 0.1) is 36.5 Å². The zero-order valence-electron chi connectivity index (χ0n) is 29.8. The molecule has 0 spiro atoms. The second kappa shape index (κ2) is 18.0. The van der Waals surface area contributed by atoms with Crippen LogP contribution in [-0.2, 0) is 19.6 Å². The van der Waals surface area contributed by atoms with Crippen LogP contribution in [0.15, 0.2) is 85.3 Å². The second-order valence-corrected chi connectivity index (χ2v) is 12.5. The van der Waals surface area contributed by atoms with E-state index in [2.05, 4.69) is 61.1 Å². The minimum absolute atomic E-state index is 0.00429. The van der Waals surface area contributed by atoms with E-state index in [1.54, 1.807) is 18.5 Å². The summed E-state index contributed by atoms with van der Waals surface area (Å²) < 4.78 is 12.4. The number of hydrogen-bond donors (Lipinski definition) is 2. The van der Waals surface area contributed by atoms with Gasteiger partial charge in [-0.05, 0) is 83.8 Å². The first-order valence-electron chi connectivity index (χ1n) is 17.1. The van der Waals surface area contributed by atoms with Crippen LogP contribution >= 0.6 is 11.6 Å². The van der Waals surface area contributed by atoms with E-state index in [0.717, 1.165) is 62.5 Å². The highest BCUT2D eigenvalue weighted by Gasteiger charge is 2.15. The molecule has 2 aromatic heterocycles. The maximum atomic E-state index is 9.17. The summed E-state index contributed by atoms with van der Waals surface area (Å²) >= 11 is 6.64. The van der Waals surface area contributed by atoms with Crippen molar-refractivity contribution in [2.45, 2.75) is 74.0 Å². The topological polar surface area (TPSA) is 118 Å². The SMILES string of the molecule is CC.CC1CC1.CCc1cc(Cl)c(OCc2cccc(-c3cccc(-c4ccc(C(=N)N)cn4)c3C)c2C)cc1OCc1cncc(C#N)c1. The second-order valence-electron chi connectivity index (χ2n) is 12.1. The Hall–Kier alpha value is -5.19. The minimum Gasteiger partial charge on any atom is -0.488 e. The molecule has 8 heteroatoms. The van der Waals surface area contributed by atoms with Crippen molar-refractivity contribution in [3.8, 4) is 40.0 Å². The molecule has 0 unspecified atom stereocenters. The Balaban J connectivity index is 0.000000859. The zero-order chi connectivity index (χ0) is 36.2. The first-order chi connectivity index (χ1) is 24.2. The van der Waals surface area contributed by atoms with E-state index >= 15 is 0 Å². The predicted molar refractivity (Wildman–Crippen MR) is 204 cm³/mol. The lowest BCUT2D eigenvalue weighted by Crippen LogP contribution is -2.11. The standard InChI is InChI=1S/C36H32ClN5O2.C4H8.C2H6/c1-4-26-14-32(37)35(15-34(26)43-20-25-13-24(16-38)17-41-18-25)44-21-28-7-5-8-29(22(28)2)30-9-6-10-31(23(30)3)33-12-11-27(19-42-33)36(39)40;1-4-2-3-4;1-2/h5-15,17-19H,4,20-21H2,1-3H3,(H3,39,40);4H,2-3H2,1H3;1-2H3. The lowest BCUT2D eigenvalue weighted by Gasteiger charge is -2.18. The normalized spacial score (nSPS) is 11.6. The molecule has 3 aromatic carbocycles. The molecule has 1 aliphatic carbocycles. The first kappa shape index (κ1) is 37.6. The smallest absolute Gasteiger partial charge is 0.142 e. The lowest BCUT2D eigenvalue weighted by atomic mass is 9.90. The van der Waals surface area contributed by atoms with E-state index in [1.165, 1.54) is 19.0 Å². The van der Waals surface area contributed by atoms with Gasteiger partial charge in [0.25, 0.3) is 0 Å². The number of nitrogen functional groups attached to an aromatic ring is 1. The molecule has 1 aliphatic rings. The van der Waals surface area contributed by atoms with Crippen LogP contribution in [0.25, 0.3) is 22.4 Å². The molecule has 3 N–H and O–H groups in total. The fraction of sp³-hybridized carbons (Fsp3) is 0.286. The summed E-state index contributed by atoms with van der Waals surface area (Å²) in [6.45, 7) is 13.1. The van der Waals surface area contributed by atoms with Crippen LogP contribution in [-0.4, -0.2) is 15.8 Å². The highest BCUT2D eigenvalue weighted by molar-refractivity contribution is 6.32. The van der Waals surface area contributed by atoms with Gasteiger partial charge in [0.1, 0.15) is 36.6 Å². The molecule has 0 aliphatic heterocycles. The maximum absolute atomic E-state index is 9.17. The molecule has 6 rings (SSSR count). The van der Waals surface area contributed by atoms with E-state index in [1.807, 2.05) is 57.2 Å². The molecule has 0 bridgehead atoms. The number of ether oxygens (including phenoxy) is 2. The summed E-state index contributed by atoms with van der Waals surface area (Å²) in [6.07, 6.45) is 8.55. The molecule has 0 atom stereocenters. The molecular formula is C42H46ClN5O2.